The van der Waals surface area contributed by atoms with Gasteiger partial charge in [0, 0.05) is 17.9 Å². The van der Waals surface area contributed by atoms with Gasteiger partial charge >= 0.3 is 0 Å². The van der Waals surface area contributed by atoms with Crippen LogP contribution in [0.5, 0.6) is 5.75 Å². The minimum Gasteiger partial charge on any atom is -0.496 e. The van der Waals surface area contributed by atoms with Gasteiger partial charge in [0.25, 0.3) is 0 Å². The van der Waals surface area contributed by atoms with Gasteiger partial charge in [0.05, 0.1) is 12.9 Å². The number of benzene rings is 1. The van der Waals surface area contributed by atoms with E-state index < -0.39 is 9.84 Å². The summed E-state index contributed by atoms with van der Waals surface area (Å²) in [4.78, 5) is 0. The Labute approximate surface area is 96.3 Å². The monoisotopic (exact) mass is 243 g/mol. The largest absolute Gasteiger partial charge is 0.496 e. The maximum absolute atomic E-state index is 11.0. The molecule has 16 heavy (non-hydrogen) atoms. The van der Waals surface area contributed by atoms with Crippen molar-refractivity contribution in [1.82, 2.24) is 0 Å². The van der Waals surface area contributed by atoms with Crippen molar-refractivity contribution in [3.63, 3.8) is 0 Å². The maximum atomic E-state index is 11.0. The summed E-state index contributed by atoms with van der Waals surface area (Å²) in [6.45, 7) is 0. The Morgan fingerprint density at radius 2 is 2.00 bits per heavy atom. The van der Waals surface area contributed by atoms with Crippen LogP contribution in [0.1, 0.15) is 18.0 Å². The highest BCUT2D eigenvalue weighted by molar-refractivity contribution is 7.90. The lowest BCUT2D eigenvalue weighted by molar-refractivity contribution is 0.405. The molecule has 4 nitrogen and oxygen atoms in total. The van der Waals surface area contributed by atoms with Gasteiger partial charge in [-0.2, -0.15) is 0 Å². The molecule has 1 unspecified atom stereocenters. The van der Waals surface area contributed by atoms with Gasteiger partial charge in [-0.3, -0.25) is 0 Å². The van der Waals surface area contributed by atoms with Crippen molar-refractivity contribution in [1.29, 1.82) is 0 Å². The molecule has 1 rings (SSSR count). The van der Waals surface area contributed by atoms with Crippen molar-refractivity contribution in [3.05, 3.63) is 29.8 Å². The summed E-state index contributed by atoms with van der Waals surface area (Å²) < 4.78 is 27.2. The molecule has 0 bridgehead atoms. The molecule has 0 spiro atoms. The van der Waals surface area contributed by atoms with E-state index in [1.165, 1.54) is 6.26 Å². The molecule has 1 atom stereocenters. The topological polar surface area (TPSA) is 69.4 Å². The molecule has 0 heterocycles. The van der Waals surface area contributed by atoms with Gasteiger partial charge in [0.1, 0.15) is 15.6 Å². The van der Waals surface area contributed by atoms with Gasteiger partial charge in [-0.05, 0) is 12.5 Å². The Bertz CT molecular complexity index is 442. The molecule has 0 aliphatic carbocycles. The van der Waals surface area contributed by atoms with Crippen molar-refractivity contribution >= 4 is 9.84 Å². The second-order valence-corrected chi connectivity index (χ2v) is 6.03. The molecule has 0 fully saturated rings. The molecule has 0 saturated heterocycles. The van der Waals surface area contributed by atoms with E-state index in [-0.39, 0.29) is 11.8 Å². The third-order valence-corrected chi connectivity index (χ3v) is 3.32. The number of hydrogen-bond acceptors (Lipinski definition) is 4. The van der Waals surface area contributed by atoms with E-state index in [1.54, 1.807) is 7.11 Å². The van der Waals surface area contributed by atoms with Crippen LogP contribution in [-0.4, -0.2) is 27.5 Å². The Hall–Kier alpha value is -1.07. The van der Waals surface area contributed by atoms with E-state index in [0.717, 1.165) is 5.56 Å². The average molecular weight is 243 g/mol. The molecule has 0 radical (unpaired) electrons. The van der Waals surface area contributed by atoms with Crippen molar-refractivity contribution in [2.24, 2.45) is 5.73 Å². The van der Waals surface area contributed by atoms with E-state index in [9.17, 15) is 8.42 Å². The van der Waals surface area contributed by atoms with Gasteiger partial charge in [-0.15, -0.1) is 0 Å². The van der Waals surface area contributed by atoms with E-state index in [4.69, 9.17) is 10.5 Å². The fraction of sp³-hybridized carbons (Fsp3) is 0.455. The first-order valence-electron chi connectivity index (χ1n) is 5.00. The second kappa shape index (κ2) is 5.32. The number of nitrogens with two attached hydrogens (primary N) is 1. The van der Waals surface area contributed by atoms with Crippen LogP contribution in [0.4, 0.5) is 0 Å². The molecule has 0 aliphatic heterocycles. The quantitative estimate of drug-likeness (QED) is 0.841. The van der Waals surface area contributed by atoms with E-state index in [0.29, 0.717) is 12.2 Å². The SMILES string of the molecule is COc1ccccc1C(N)CCS(C)(=O)=O. The molecule has 1 aromatic rings. The summed E-state index contributed by atoms with van der Waals surface area (Å²) in [6, 6.07) is 7.07. The Morgan fingerprint density at radius 1 is 1.38 bits per heavy atom. The first kappa shape index (κ1) is 13.0. The Kier molecular flexibility index (Phi) is 4.32. The normalized spacial score (nSPS) is 13.4. The van der Waals surface area contributed by atoms with Crippen LogP contribution in [0, 0.1) is 0 Å². The van der Waals surface area contributed by atoms with E-state index in [1.807, 2.05) is 24.3 Å². The second-order valence-electron chi connectivity index (χ2n) is 3.77. The van der Waals surface area contributed by atoms with Gasteiger partial charge in [0.2, 0.25) is 0 Å². The van der Waals surface area contributed by atoms with Gasteiger partial charge < -0.3 is 10.5 Å². The molecular weight excluding hydrogens is 226 g/mol. The minimum atomic E-state index is -2.97. The summed E-state index contributed by atoms with van der Waals surface area (Å²) in [5.74, 6) is 0.787. The van der Waals surface area contributed by atoms with Crippen molar-refractivity contribution in [3.8, 4) is 5.75 Å². The standard InChI is InChI=1S/C11H17NO3S/c1-15-11-6-4-3-5-9(11)10(12)7-8-16(2,13)14/h3-6,10H,7-8,12H2,1-2H3. The zero-order chi connectivity index (χ0) is 12.2. The van der Waals surface area contributed by atoms with E-state index in [2.05, 4.69) is 0 Å². The number of methoxy groups -OCH3 is 1. The molecule has 0 amide bonds. The number of sulfone groups is 1. The lowest BCUT2D eigenvalue weighted by Crippen LogP contribution is -2.16. The van der Waals surface area contributed by atoms with E-state index >= 15 is 0 Å². The third kappa shape index (κ3) is 3.83. The first-order valence-corrected chi connectivity index (χ1v) is 7.06. The zero-order valence-corrected chi connectivity index (χ0v) is 10.3. The summed E-state index contributed by atoms with van der Waals surface area (Å²) in [5.41, 5.74) is 6.78. The Balaban J connectivity index is 2.76. The molecule has 0 aromatic heterocycles. The van der Waals surface area contributed by atoms with Crippen molar-refractivity contribution in [2.75, 3.05) is 19.1 Å². The average Bonchev–Trinajstić information content (AvgIpc) is 2.25. The third-order valence-electron chi connectivity index (χ3n) is 2.34. The molecule has 0 aliphatic rings. The molecule has 5 heteroatoms. The summed E-state index contributed by atoms with van der Waals surface area (Å²) in [5, 5.41) is 0. The fourth-order valence-corrected chi connectivity index (χ4v) is 2.15. The lowest BCUT2D eigenvalue weighted by atomic mass is 10.0. The summed E-state index contributed by atoms with van der Waals surface area (Å²) in [7, 11) is -1.40. The number of ether oxygens (including phenoxy) is 1. The smallest absolute Gasteiger partial charge is 0.147 e. The predicted octanol–water partition coefficient (Wildman–Crippen LogP) is 1.13. The number of para-hydroxylation sites is 1. The zero-order valence-electron chi connectivity index (χ0n) is 9.51. The van der Waals surface area contributed by atoms with Crippen molar-refractivity contribution < 1.29 is 13.2 Å². The molecular formula is C11H17NO3S. The number of hydrogen-bond donors (Lipinski definition) is 1. The van der Waals surface area contributed by atoms with Crippen LogP contribution in [0.15, 0.2) is 24.3 Å². The van der Waals surface area contributed by atoms with Gasteiger partial charge in [-0.25, -0.2) is 8.42 Å². The summed E-state index contributed by atoms with van der Waals surface area (Å²) in [6.07, 6.45) is 1.61. The first-order chi connectivity index (χ1) is 7.44. The van der Waals surface area contributed by atoms with Crippen LogP contribution < -0.4 is 10.5 Å². The molecule has 2 N–H and O–H groups in total. The molecule has 1 aromatic carbocycles. The molecule has 0 saturated carbocycles. The highest BCUT2D eigenvalue weighted by Gasteiger charge is 2.13. The van der Waals surface area contributed by atoms with Gasteiger partial charge in [0.15, 0.2) is 0 Å². The van der Waals surface area contributed by atoms with Crippen LogP contribution >= 0.6 is 0 Å². The lowest BCUT2D eigenvalue weighted by Gasteiger charge is -2.14. The highest BCUT2D eigenvalue weighted by atomic mass is 32.2. The summed E-state index contributed by atoms with van der Waals surface area (Å²) >= 11 is 0. The fourth-order valence-electron chi connectivity index (χ4n) is 1.47. The van der Waals surface area contributed by atoms with Crippen molar-refractivity contribution in [2.45, 2.75) is 12.5 Å². The van der Waals surface area contributed by atoms with Crippen LogP contribution in [0.3, 0.4) is 0 Å². The Morgan fingerprint density at radius 3 is 2.56 bits per heavy atom. The maximum Gasteiger partial charge on any atom is 0.147 e. The van der Waals surface area contributed by atoms with Crippen LogP contribution in [0.25, 0.3) is 0 Å². The van der Waals surface area contributed by atoms with Gasteiger partial charge in [-0.1, -0.05) is 18.2 Å². The number of rotatable bonds is 5. The minimum absolute atomic E-state index is 0.0895. The predicted molar refractivity (Wildman–Crippen MR) is 64.3 cm³/mol. The highest BCUT2D eigenvalue weighted by Crippen LogP contribution is 2.25. The molecule has 90 valence electrons. The van der Waals surface area contributed by atoms with Crippen LogP contribution in [0.2, 0.25) is 0 Å². The van der Waals surface area contributed by atoms with Crippen LogP contribution in [-0.2, 0) is 9.84 Å².